The Balaban J connectivity index is 1.98. The van der Waals surface area contributed by atoms with Gasteiger partial charge in [0.05, 0.1) is 4.92 Å². The summed E-state index contributed by atoms with van der Waals surface area (Å²) >= 11 is 0. The third-order valence-electron chi connectivity index (χ3n) is 3.86. The molecule has 2 aromatic carbocycles. The minimum Gasteiger partial charge on any atom is -0.434 e. The molecule has 132 valence electrons. The molecule has 1 N–H and O–H groups in total. The molecule has 1 aromatic heterocycles. The summed E-state index contributed by atoms with van der Waals surface area (Å²) in [5, 5.41) is 14.7. The van der Waals surface area contributed by atoms with Gasteiger partial charge in [-0.1, -0.05) is 42.8 Å². The Morgan fingerprint density at radius 1 is 1.12 bits per heavy atom. The number of nitrogens with one attached hydrogen (secondary N) is 1. The van der Waals surface area contributed by atoms with Crippen LogP contribution in [-0.2, 0) is 6.42 Å². The van der Waals surface area contributed by atoms with E-state index in [0.717, 1.165) is 23.2 Å². The zero-order chi connectivity index (χ0) is 18.5. The second-order valence-electron chi connectivity index (χ2n) is 5.68. The largest absolute Gasteiger partial charge is 0.434 e. The normalized spacial score (nSPS) is 10.4. The minimum atomic E-state index is -0.541. The number of para-hydroxylation sites is 1. The van der Waals surface area contributed by atoms with Crippen molar-refractivity contribution in [3.63, 3.8) is 0 Å². The molecule has 0 spiro atoms. The van der Waals surface area contributed by atoms with E-state index in [2.05, 4.69) is 15.3 Å². The average Bonchev–Trinajstić information content (AvgIpc) is 2.64. The molecule has 26 heavy (non-hydrogen) atoms. The topological polar surface area (TPSA) is 90.2 Å². The highest BCUT2D eigenvalue weighted by molar-refractivity contribution is 5.70. The molecule has 0 atom stereocenters. The third-order valence-corrected chi connectivity index (χ3v) is 3.86. The van der Waals surface area contributed by atoms with Gasteiger partial charge in [-0.3, -0.25) is 10.1 Å². The van der Waals surface area contributed by atoms with Gasteiger partial charge < -0.3 is 10.1 Å². The third kappa shape index (κ3) is 3.77. The summed E-state index contributed by atoms with van der Waals surface area (Å²) in [4.78, 5) is 19.1. The van der Waals surface area contributed by atoms with E-state index in [9.17, 15) is 10.1 Å². The molecule has 0 saturated heterocycles. The van der Waals surface area contributed by atoms with Crippen molar-refractivity contribution < 1.29 is 9.66 Å². The Morgan fingerprint density at radius 2 is 1.85 bits per heavy atom. The predicted molar refractivity (Wildman–Crippen MR) is 99.0 cm³/mol. The lowest BCUT2D eigenvalue weighted by molar-refractivity contribution is -0.385. The first-order valence-electron chi connectivity index (χ1n) is 8.17. The second-order valence-corrected chi connectivity index (χ2v) is 5.68. The van der Waals surface area contributed by atoms with Crippen molar-refractivity contribution in [1.82, 2.24) is 9.97 Å². The molecule has 0 fully saturated rings. The summed E-state index contributed by atoms with van der Waals surface area (Å²) in [5.41, 5.74) is 2.55. The van der Waals surface area contributed by atoms with Crippen LogP contribution in [0.3, 0.4) is 0 Å². The van der Waals surface area contributed by atoms with Crippen LogP contribution in [0.1, 0.15) is 18.1 Å². The van der Waals surface area contributed by atoms with E-state index in [1.54, 1.807) is 12.1 Å². The number of aromatic nitrogens is 2. The SMILES string of the molecule is CCc1ccccc1Nc1ncnc(Oc2ccc(C)cc2)c1[N+](=O)[O-]. The molecule has 0 amide bonds. The lowest BCUT2D eigenvalue weighted by Crippen LogP contribution is -2.04. The predicted octanol–water partition coefficient (Wildman–Crippen LogP) is 4.79. The molecular formula is C19H18N4O3. The molecule has 0 bridgehead atoms. The van der Waals surface area contributed by atoms with Gasteiger partial charge in [0, 0.05) is 5.69 Å². The molecule has 3 rings (SSSR count). The van der Waals surface area contributed by atoms with Gasteiger partial charge in [0.25, 0.3) is 0 Å². The van der Waals surface area contributed by atoms with Gasteiger partial charge >= 0.3 is 11.6 Å². The Bertz CT molecular complexity index is 926. The Morgan fingerprint density at radius 3 is 2.54 bits per heavy atom. The zero-order valence-corrected chi connectivity index (χ0v) is 14.5. The maximum absolute atomic E-state index is 11.6. The molecule has 0 aliphatic heterocycles. The summed E-state index contributed by atoms with van der Waals surface area (Å²) in [6.07, 6.45) is 2.03. The first-order valence-corrected chi connectivity index (χ1v) is 8.17. The summed E-state index contributed by atoms with van der Waals surface area (Å²) in [6.45, 7) is 3.96. The minimum absolute atomic E-state index is 0.0908. The molecule has 0 saturated carbocycles. The quantitative estimate of drug-likeness (QED) is 0.508. The molecule has 3 aromatic rings. The van der Waals surface area contributed by atoms with Crippen molar-refractivity contribution in [3.05, 3.63) is 76.1 Å². The van der Waals surface area contributed by atoms with Crippen molar-refractivity contribution in [2.75, 3.05) is 5.32 Å². The number of benzene rings is 2. The fourth-order valence-corrected chi connectivity index (χ4v) is 2.49. The van der Waals surface area contributed by atoms with Crippen LogP contribution in [-0.4, -0.2) is 14.9 Å². The van der Waals surface area contributed by atoms with E-state index in [4.69, 9.17) is 4.74 Å². The molecule has 7 nitrogen and oxygen atoms in total. The maximum atomic E-state index is 11.6. The zero-order valence-electron chi connectivity index (χ0n) is 14.5. The molecule has 1 heterocycles. The molecule has 0 aliphatic rings. The van der Waals surface area contributed by atoms with Gasteiger partial charge in [-0.15, -0.1) is 0 Å². The van der Waals surface area contributed by atoms with Gasteiger partial charge in [0.15, 0.2) is 0 Å². The number of nitrogens with zero attached hydrogens (tertiary/aromatic N) is 3. The average molecular weight is 350 g/mol. The highest BCUT2D eigenvalue weighted by Gasteiger charge is 2.25. The summed E-state index contributed by atoms with van der Waals surface area (Å²) in [6, 6.07) is 14.8. The van der Waals surface area contributed by atoms with Crippen molar-refractivity contribution in [2.45, 2.75) is 20.3 Å². The van der Waals surface area contributed by atoms with Crippen LogP contribution < -0.4 is 10.1 Å². The van der Waals surface area contributed by atoms with Gasteiger partial charge in [-0.25, -0.2) is 4.98 Å². The van der Waals surface area contributed by atoms with E-state index >= 15 is 0 Å². The van der Waals surface area contributed by atoms with Crippen LogP contribution in [0, 0.1) is 17.0 Å². The van der Waals surface area contributed by atoms with Gasteiger partial charge in [0.2, 0.25) is 5.82 Å². The van der Waals surface area contributed by atoms with E-state index in [1.807, 2.05) is 50.2 Å². The lowest BCUT2D eigenvalue weighted by Gasteiger charge is -2.12. The first-order chi connectivity index (χ1) is 12.6. The van der Waals surface area contributed by atoms with Crippen LogP contribution in [0.25, 0.3) is 0 Å². The van der Waals surface area contributed by atoms with Gasteiger partial charge in [-0.2, -0.15) is 4.98 Å². The summed E-state index contributed by atoms with van der Waals surface area (Å²) in [5.74, 6) is 0.454. The molecule has 7 heteroatoms. The van der Waals surface area contributed by atoms with E-state index in [1.165, 1.54) is 6.33 Å². The highest BCUT2D eigenvalue weighted by Crippen LogP contribution is 2.36. The van der Waals surface area contributed by atoms with E-state index in [-0.39, 0.29) is 17.4 Å². The van der Waals surface area contributed by atoms with Crippen molar-refractivity contribution in [2.24, 2.45) is 0 Å². The maximum Gasteiger partial charge on any atom is 0.373 e. The Hall–Kier alpha value is -3.48. The number of aryl methyl sites for hydroxylation is 2. The fourth-order valence-electron chi connectivity index (χ4n) is 2.49. The lowest BCUT2D eigenvalue weighted by atomic mass is 10.1. The number of hydrogen-bond acceptors (Lipinski definition) is 6. The number of anilines is 2. The van der Waals surface area contributed by atoms with Crippen molar-refractivity contribution in [1.29, 1.82) is 0 Å². The first kappa shape index (κ1) is 17.3. The number of nitro groups is 1. The highest BCUT2D eigenvalue weighted by atomic mass is 16.6. The summed E-state index contributed by atoms with van der Waals surface area (Å²) in [7, 11) is 0. The van der Waals surface area contributed by atoms with Crippen molar-refractivity contribution in [3.8, 4) is 11.6 Å². The number of ether oxygens (including phenoxy) is 1. The molecule has 0 radical (unpaired) electrons. The van der Waals surface area contributed by atoms with Gasteiger partial charge in [0.1, 0.15) is 12.1 Å². The van der Waals surface area contributed by atoms with Crippen LogP contribution in [0.5, 0.6) is 11.6 Å². The molecule has 0 aliphatic carbocycles. The summed E-state index contributed by atoms with van der Waals surface area (Å²) < 4.78 is 5.63. The second kappa shape index (κ2) is 7.60. The van der Waals surface area contributed by atoms with E-state index < -0.39 is 4.92 Å². The Labute approximate surface area is 150 Å². The van der Waals surface area contributed by atoms with Crippen molar-refractivity contribution >= 4 is 17.2 Å². The van der Waals surface area contributed by atoms with Crippen LogP contribution >= 0.6 is 0 Å². The standard InChI is InChI=1S/C19H18N4O3/c1-3-14-6-4-5-7-16(14)22-18-17(23(24)25)19(21-12-20-18)26-15-10-8-13(2)9-11-15/h4-12H,3H2,1-2H3,(H,20,21,22). The number of rotatable bonds is 6. The van der Waals surface area contributed by atoms with E-state index in [0.29, 0.717) is 5.75 Å². The number of hydrogen-bond donors (Lipinski definition) is 1. The van der Waals surface area contributed by atoms with Gasteiger partial charge in [-0.05, 0) is 37.1 Å². The Kier molecular flexibility index (Phi) is 5.07. The van der Waals surface area contributed by atoms with Crippen LogP contribution in [0.4, 0.5) is 17.2 Å². The monoisotopic (exact) mass is 350 g/mol. The molecular weight excluding hydrogens is 332 g/mol. The fraction of sp³-hybridized carbons (Fsp3) is 0.158. The smallest absolute Gasteiger partial charge is 0.373 e. The van der Waals surface area contributed by atoms with Crippen LogP contribution in [0.2, 0.25) is 0 Å². The molecule has 0 unspecified atom stereocenters. The van der Waals surface area contributed by atoms with Crippen LogP contribution in [0.15, 0.2) is 54.9 Å².